The highest BCUT2D eigenvalue weighted by atomic mass is 35.5. The van der Waals surface area contributed by atoms with E-state index in [0.29, 0.717) is 11.6 Å². The normalized spacial score (nSPS) is 10.6. The summed E-state index contributed by atoms with van der Waals surface area (Å²) in [5, 5.41) is 0.689. The van der Waals surface area contributed by atoms with Crippen molar-refractivity contribution < 1.29 is 4.74 Å². The first kappa shape index (κ1) is 17.4. The highest BCUT2D eigenvalue weighted by Gasteiger charge is 2.11. The number of nitrogens with zero attached hydrogens (tertiary/aromatic N) is 3. The van der Waals surface area contributed by atoms with Crippen molar-refractivity contribution in [1.82, 2.24) is 9.97 Å². The molecule has 0 fully saturated rings. The zero-order chi connectivity index (χ0) is 17.5. The molecule has 0 saturated heterocycles. The Morgan fingerprint density at radius 1 is 1.16 bits per heavy atom. The van der Waals surface area contributed by atoms with Crippen LogP contribution in [0.15, 0.2) is 60.9 Å². The molecule has 25 heavy (non-hydrogen) atoms. The summed E-state index contributed by atoms with van der Waals surface area (Å²) in [4.78, 5) is 11.0. The van der Waals surface area contributed by atoms with Crippen LogP contribution in [0.2, 0.25) is 5.02 Å². The lowest BCUT2D eigenvalue weighted by Crippen LogP contribution is -2.27. The van der Waals surface area contributed by atoms with Crippen LogP contribution in [-0.2, 0) is 11.3 Å². The van der Waals surface area contributed by atoms with Gasteiger partial charge in [-0.2, -0.15) is 0 Å². The van der Waals surface area contributed by atoms with Crippen LogP contribution in [0.1, 0.15) is 5.56 Å². The highest BCUT2D eigenvalue weighted by molar-refractivity contribution is 6.30. The van der Waals surface area contributed by atoms with Gasteiger partial charge in [0.15, 0.2) is 0 Å². The molecule has 1 heterocycles. The average Bonchev–Trinajstić information content (AvgIpc) is 2.66. The summed E-state index contributed by atoms with van der Waals surface area (Å²) < 4.78 is 5.25. The minimum atomic E-state index is 0.618. The van der Waals surface area contributed by atoms with Crippen molar-refractivity contribution in [3.05, 3.63) is 77.6 Å². The van der Waals surface area contributed by atoms with Crippen LogP contribution >= 0.6 is 11.6 Å². The molecular formula is C20H19ClN3O. The molecule has 4 nitrogen and oxygen atoms in total. The summed E-state index contributed by atoms with van der Waals surface area (Å²) in [6.07, 6.45) is 1.59. The van der Waals surface area contributed by atoms with E-state index in [1.54, 1.807) is 13.4 Å². The molecule has 2 aromatic carbocycles. The molecule has 0 amide bonds. The second-order valence-corrected chi connectivity index (χ2v) is 6.03. The number of benzene rings is 2. The molecule has 3 rings (SSSR count). The molecule has 0 aliphatic rings. The number of aromatic nitrogens is 2. The van der Waals surface area contributed by atoms with Crippen LogP contribution < -0.4 is 4.90 Å². The van der Waals surface area contributed by atoms with Crippen molar-refractivity contribution in [2.45, 2.75) is 6.54 Å². The van der Waals surface area contributed by atoms with Gasteiger partial charge in [0.25, 0.3) is 0 Å². The van der Waals surface area contributed by atoms with Crippen LogP contribution in [0.25, 0.3) is 11.3 Å². The molecular weight excluding hydrogens is 334 g/mol. The van der Waals surface area contributed by atoms with E-state index in [2.05, 4.69) is 27.0 Å². The number of hydrogen-bond acceptors (Lipinski definition) is 4. The number of anilines is 1. The van der Waals surface area contributed by atoms with E-state index < -0.39 is 0 Å². The fourth-order valence-corrected chi connectivity index (χ4v) is 2.74. The van der Waals surface area contributed by atoms with Crippen molar-refractivity contribution >= 4 is 17.4 Å². The maximum absolute atomic E-state index is 6.10. The summed E-state index contributed by atoms with van der Waals surface area (Å²) >= 11 is 6.10. The van der Waals surface area contributed by atoms with Gasteiger partial charge in [-0.3, -0.25) is 0 Å². The predicted molar refractivity (Wildman–Crippen MR) is 101 cm³/mol. The minimum absolute atomic E-state index is 0.618. The fraction of sp³-hybridized carbons (Fsp3) is 0.200. The third kappa shape index (κ3) is 4.78. The van der Waals surface area contributed by atoms with E-state index >= 15 is 0 Å². The molecule has 3 aromatic rings. The van der Waals surface area contributed by atoms with Gasteiger partial charge in [-0.15, -0.1) is 0 Å². The Morgan fingerprint density at radius 3 is 2.84 bits per heavy atom. The molecule has 5 heteroatoms. The number of hydrogen-bond donors (Lipinski definition) is 0. The Labute approximate surface area is 153 Å². The largest absolute Gasteiger partial charge is 0.383 e. The van der Waals surface area contributed by atoms with Crippen LogP contribution in [-0.4, -0.2) is 30.2 Å². The van der Waals surface area contributed by atoms with Crippen LogP contribution in [0.5, 0.6) is 0 Å². The molecule has 0 N–H and O–H groups in total. The summed E-state index contributed by atoms with van der Waals surface area (Å²) in [6, 6.07) is 20.7. The van der Waals surface area contributed by atoms with E-state index in [0.717, 1.165) is 30.2 Å². The Kier molecular flexibility index (Phi) is 5.99. The van der Waals surface area contributed by atoms with E-state index in [4.69, 9.17) is 16.3 Å². The number of halogens is 1. The second kappa shape index (κ2) is 8.60. The third-order valence-electron chi connectivity index (χ3n) is 3.81. The fourth-order valence-electron chi connectivity index (χ4n) is 2.55. The van der Waals surface area contributed by atoms with Crippen LogP contribution in [0.4, 0.5) is 5.82 Å². The Bertz CT molecular complexity index is 811. The average molecular weight is 353 g/mol. The lowest BCUT2D eigenvalue weighted by Gasteiger charge is -2.23. The number of rotatable bonds is 7. The smallest absolute Gasteiger partial charge is 0.132 e. The van der Waals surface area contributed by atoms with E-state index in [-0.39, 0.29) is 0 Å². The van der Waals surface area contributed by atoms with Crippen molar-refractivity contribution in [2.24, 2.45) is 0 Å². The molecule has 1 aromatic heterocycles. The summed E-state index contributed by atoms with van der Waals surface area (Å²) in [5.41, 5.74) is 2.98. The van der Waals surface area contributed by atoms with E-state index in [9.17, 15) is 0 Å². The zero-order valence-corrected chi connectivity index (χ0v) is 14.8. The van der Waals surface area contributed by atoms with Gasteiger partial charge in [0, 0.05) is 36.9 Å². The standard InChI is InChI=1S/C20H19ClN3O/c1-25-11-10-24(14-16-6-3-2-4-7-16)20-13-19(22-15-23-20)17-8-5-9-18(21)12-17/h2-3,5-9,12-13,15H,10-11,14H2,1H3. The maximum atomic E-state index is 6.10. The number of methoxy groups -OCH3 is 1. The molecule has 0 saturated carbocycles. The first-order chi connectivity index (χ1) is 12.3. The lowest BCUT2D eigenvalue weighted by atomic mass is 10.1. The maximum Gasteiger partial charge on any atom is 0.132 e. The molecule has 0 bridgehead atoms. The van der Waals surface area contributed by atoms with Crippen molar-refractivity contribution in [2.75, 3.05) is 25.2 Å². The van der Waals surface area contributed by atoms with E-state index in [1.165, 1.54) is 5.56 Å². The van der Waals surface area contributed by atoms with Crippen LogP contribution in [0.3, 0.4) is 0 Å². The minimum Gasteiger partial charge on any atom is -0.383 e. The molecule has 0 aliphatic heterocycles. The van der Waals surface area contributed by atoms with Gasteiger partial charge in [-0.05, 0) is 29.8 Å². The second-order valence-electron chi connectivity index (χ2n) is 5.60. The first-order valence-corrected chi connectivity index (χ1v) is 8.41. The van der Waals surface area contributed by atoms with Crippen molar-refractivity contribution in [3.8, 4) is 11.3 Å². The van der Waals surface area contributed by atoms with Crippen LogP contribution in [0, 0.1) is 6.07 Å². The molecule has 1 radical (unpaired) electrons. The molecule has 0 spiro atoms. The van der Waals surface area contributed by atoms with Gasteiger partial charge in [0.05, 0.1) is 12.3 Å². The zero-order valence-electron chi connectivity index (χ0n) is 14.0. The predicted octanol–water partition coefficient (Wildman–Crippen LogP) is 4.25. The summed E-state index contributed by atoms with van der Waals surface area (Å²) in [6.45, 7) is 2.08. The molecule has 0 aliphatic carbocycles. The van der Waals surface area contributed by atoms with Gasteiger partial charge < -0.3 is 9.64 Å². The molecule has 0 unspecified atom stereocenters. The number of ether oxygens (including phenoxy) is 1. The van der Waals surface area contributed by atoms with E-state index in [1.807, 2.05) is 48.5 Å². The summed E-state index contributed by atoms with van der Waals surface area (Å²) in [7, 11) is 1.70. The van der Waals surface area contributed by atoms with Crippen molar-refractivity contribution in [1.29, 1.82) is 0 Å². The van der Waals surface area contributed by atoms with Crippen molar-refractivity contribution in [3.63, 3.8) is 0 Å². The highest BCUT2D eigenvalue weighted by Crippen LogP contribution is 2.24. The Balaban J connectivity index is 1.88. The molecule has 127 valence electrons. The quantitative estimate of drug-likeness (QED) is 0.637. The lowest BCUT2D eigenvalue weighted by molar-refractivity contribution is 0.205. The van der Waals surface area contributed by atoms with Gasteiger partial charge in [-0.1, -0.05) is 41.9 Å². The monoisotopic (exact) mass is 352 g/mol. The first-order valence-electron chi connectivity index (χ1n) is 8.03. The van der Waals surface area contributed by atoms with Gasteiger partial charge in [-0.25, -0.2) is 9.97 Å². The third-order valence-corrected chi connectivity index (χ3v) is 4.04. The van der Waals surface area contributed by atoms with Gasteiger partial charge in [0.1, 0.15) is 12.1 Å². The SMILES string of the molecule is COCCN(Cc1c[c]ccc1)c1cc(-c2cccc(Cl)c2)ncn1. The van der Waals surface area contributed by atoms with Gasteiger partial charge >= 0.3 is 0 Å². The topological polar surface area (TPSA) is 38.2 Å². The Morgan fingerprint density at radius 2 is 2.08 bits per heavy atom. The summed E-state index contributed by atoms with van der Waals surface area (Å²) in [5.74, 6) is 0.853. The molecule has 0 atom stereocenters. The Hall–Kier alpha value is -2.43. The van der Waals surface area contributed by atoms with Gasteiger partial charge in [0.2, 0.25) is 0 Å².